The summed E-state index contributed by atoms with van der Waals surface area (Å²) >= 11 is 1.05. The number of carbonyl (C=O) groups is 4. The molecule has 39 heavy (non-hydrogen) atoms. The van der Waals surface area contributed by atoms with E-state index in [0.717, 1.165) is 16.9 Å². The summed E-state index contributed by atoms with van der Waals surface area (Å²) in [6.45, 7) is 1.84. The van der Waals surface area contributed by atoms with Gasteiger partial charge in [0.15, 0.2) is 11.5 Å². The second kappa shape index (κ2) is 13.8. The molecule has 0 saturated heterocycles. The number of amides is 4. The minimum absolute atomic E-state index is 0.287. The number of carboxylic acids is 1. The van der Waals surface area contributed by atoms with Gasteiger partial charge in [0.2, 0.25) is 5.91 Å². The van der Waals surface area contributed by atoms with Crippen molar-refractivity contribution >= 4 is 40.2 Å². The van der Waals surface area contributed by atoms with Gasteiger partial charge in [-0.3, -0.25) is 19.7 Å². The lowest BCUT2D eigenvalue weighted by atomic mass is 10.0. The largest absolute Gasteiger partial charge is 0.493 e. The van der Waals surface area contributed by atoms with Gasteiger partial charge in [0.25, 0.3) is 5.91 Å². The highest BCUT2D eigenvalue weighted by Crippen LogP contribution is 2.31. The molecule has 1 heterocycles. The number of urea groups is 1. The Bertz CT molecular complexity index is 1310. The second-order valence-corrected chi connectivity index (χ2v) is 9.51. The third kappa shape index (κ3) is 8.47. The standard InChI is InChI=1S/C27H30N4O7S/c1-16(25(34)30-19(14-24(32)33)18-9-10-20(37-2)21(13-18)38-3)29-26(35)22-11-12-23(39-22)31-27(36)28-15-17-7-5-4-6-8-17/h4-13,16,19H,14-15H2,1-3H3,(H,29,35)(H,30,34)(H,32,33)(H2,28,31,36)/t16-,19?/m1/s1. The Labute approximate surface area is 229 Å². The van der Waals surface area contributed by atoms with Gasteiger partial charge in [-0.05, 0) is 42.3 Å². The maximum atomic E-state index is 12.9. The molecule has 1 unspecified atom stereocenters. The van der Waals surface area contributed by atoms with Gasteiger partial charge < -0.3 is 30.5 Å². The zero-order valence-electron chi connectivity index (χ0n) is 21.6. The third-order valence-electron chi connectivity index (χ3n) is 5.61. The van der Waals surface area contributed by atoms with Crippen LogP contribution in [-0.2, 0) is 16.1 Å². The summed E-state index contributed by atoms with van der Waals surface area (Å²) in [7, 11) is 2.93. The number of carbonyl (C=O) groups excluding carboxylic acids is 3. The number of carboxylic acid groups (broad SMARTS) is 1. The molecule has 206 valence electrons. The van der Waals surface area contributed by atoms with Gasteiger partial charge in [0.1, 0.15) is 6.04 Å². The molecule has 0 bridgehead atoms. The van der Waals surface area contributed by atoms with E-state index in [1.165, 1.54) is 27.2 Å². The third-order valence-corrected chi connectivity index (χ3v) is 6.61. The molecule has 4 amide bonds. The minimum atomic E-state index is -1.11. The molecule has 0 radical (unpaired) electrons. The topological polar surface area (TPSA) is 155 Å². The van der Waals surface area contributed by atoms with Crippen LogP contribution in [0.4, 0.5) is 9.80 Å². The number of hydrogen-bond donors (Lipinski definition) is 5. The molecule has 2 aromatic carbocycles. The van der Waals surface area contributed by atoms with Crippen molar-refractivity contribution in [3.05, 3.63) is 76.7 Å². The molecule has 5 N–H and O–H groups in total. The lowest BCUT2D eigenvalue weighted by Gasteiger charge is -2.21. The van der Waals surface area contributed by atoms with Crippen LogP contribution in [0, 0.1) is 0 Å². The van der Waals surface area contributed by atoms with Gasteiger partial charge in [0, 0.05) is 6.54 Å². The number of thiophene rings is 1. The van der Waals surface area contributed by atoms with E-state index in [-0.39, 0.29) is 11.3 Å². The zero-order chi connectivity index (χ0) is 28.4. The maximum Gasteiger partial charge on any atom is 0.320 e. The van der Waals surface area contributed by atoms with Crippen LogP contribution < -0.4 is 30.7 Å². The van der Waals surface area contributed by atoms with E-state index in [0.29, 0.717) is 28.6 Å². The van der Waals surface area contributed by atoms with Crippen LogP contribution in [0.2, 0.25) is 0 Å². The summed E-state index contributed by atoms with van der Waals surface area (Å²) in [6.07, 6.45) is -0.381. The van der Waals surface area contributed by atoms with Crippen LogP contribution in [0.5, 0.6) is 11.5 Å². The van der Waals surface area contributed by atoms with Crippen molar-refractivity contribution < 1.29 is 33.8 Å². The molecule has 3 aromatic rings. The van der Waals surface area contributed by atoms with E-state index >= 15 is 0 Å². The molecule has 0 saturated carbocycles. The van der Waals surface area contributed by atoms with Crippen LogP contribution in [0.1, 0.15) is 40.2 Å². The van der Waals surface area contributed by atoms with Crippen LogP contribution in [0.3, 0.4) is 0 Å². The van der Waals surface area contributed by atoms with Crippen molar-refractivity contribution in [3.8, 4) is 11.5 Å². The average molecular weight is 555 g/mol. The number of aliphatic carboxylic acids is 1. The van der Waals surface area contributed by atoms with E-state index < -0.39 is 35.9 Å². The Hall–Kier alpha value is -4.58. The lowest BCUT2D eigenvalue weighted by Crippen LogP contribution is -2.46. The van der Waals surface area contributed by atoms with Crippen LogP contribution in [-0.4, -0.2) is 49.2 Å². The Balaban J connectivity index is 1.57. The molecule has 0 fully saturated rings. The first-order valence-electron chi connectivity index (χ1n) is 11.9. The molecule has 0 spiro atoms. The summed E-state index contributed by atoms with van der Waals surface area (Å²) in [5, 5.41) is 20.5. The predicted molar refractivity (Wildman–Crippen MR) is 146 cm³/mol. The molecular formula is C27H30N4O7S. The van der Waals surface area contributed by atoms with E-state index in [1.807, 2.05) is 30.3 Å². The van der Waals surface area contributed by atoms with Crippen LogP contribution >= 0.6 is 11.3 Å². The summed E-state index contributed by atoms with van der Waals surface area (Å²) in [6, 6.07) is 15.1. The molecule has 1 aromatic heterocycles. The van der Waals surface area contributed by atoms with Crippen molar-refractivity contribution in [2.45, 2.75) is 32.0 Å². The predicted octanol–water partition coefficient (Wildman–Crippen LogP) is 3.54. The molecule has 11 nitrogen and oxygen atoms in total. The fourth-order valence-corrected chi connectivity index (χ4v) is 4.39. The highest BCUT2D eigenvalue weighted by molar-refractivity contribution is 7.18. The van der Waals surface area contributed by atoms with Crippen molar-refractivity contribution in [2.24, 2.45) is 0 Å². The van der Waals surface area contributed by atoms with Crippen molar-refractivity contribution in [1.82, 2.24) is 16.0 Å². The van der Waals surface area contributed by atoms with Gasteiger partial charge in [0.05, 0.1) is 36.6 Å². The van der Waals surface area contributed by atoms with Crippen LogP contribution in [0.15, 0.2) is 60.7 Å². The van der Waals surface area contributed by atoms with Crippen molar-refractivity contribution in [1.29, 1.82) is 0 Å². The first-order valence-corrected chi connectivity index (χ1v) is 12.7. The molecule has 0 aliphatic rings. The number of hydrogen-bond acceptors (Lipinski definition) is 7. The van der Waals surface area contributed by atoms with E-state index in [1.54, 1.807) is 24.3 Å². The van der Waals surface area contributed by atoms with Crippen molar-refractivity contribution in [2.75, 3.05) is 19.5 Å². The zero-order valence-corrected chi connectivity index (χ0v) is 22.5. The Morgan fingerprint density at radius 1 is 0.923 bits per heavy atom. The van der Waals surface area contributed by atoms with E-state index in [9.17, 15) is 24.3 Å². The SMILES string of the molecule is COc1ccc(C(CC(=O)O)NC(=O)[C@@H](C)NC(=O)c2ccc(NC(=O)NCc3ccccc3)s2)cc1OC. The van der Waals surface area contributed by atoms with Gasteiger partial charge in [-0.2, -0.15) is 0 Å². The summed E-state index contributed by atoms with van der Waals surface area (Å²) in [5.74, 6) is -1.35. The van der Waals surface area contributed by atoms with Gasteiger partial charge in [-0.25, -0.2) is 4.79 Å². The fraction of sp³-hybridized carbons (Fsp3) is 0.259. The Morgan fingerprint density at radius 3 is 2.31 bits per heavy atom. The molecule has 0 aliphatic carbocycles. The number of anilines is 1. The summed E-state index contributed by atoms with van der Waals surface area (Å²) < 4.78 is 10.5. The Morgan fingerprint density at radius 2 is 1.64 bits per heavy atom. The molecule has 0 aliphatic heterocycles. The molecule has 3 rings (SSSR count). The summed E-state index contributed by atoms with van der Waals surface area (Å²) in [4.78, 5) is 49.5. The molecule has 2 atom stereocenters. The van der Waals surface area contributed by atoms with Gasteiger partial charge in [-0.1, -0.05) is 36.4 Å². The van der Waals surface area contributed by atoms with Crippen LogP contribution in [0.25, 0.3) is 0 Å². The Kier molecular flexibility index (Phi) is 10.3. The van der Waals surface area contributed by atoms with E-state index in [4.69, 9.17) is 9.47 Å². The molecular weight excluding hydrogens is 524 g/mol. The monoisotopic (exact) mass is 554 g/mol. The highest BCUT2D eigenvalue weighted by Gasteiger charge is 2.24. The normalized spacial score (nSPS) is 12.0. The van der Waals surface area contributed by atoms with Gasteiger partial charge in [-0.15, -0.1) is 11.3 Å². The van der Waals surface area contributed by atoms with Crippen molar-refractivity contribution in [3.63, 3.8) is 0 Å². The minimum Gasteiger partial charge on any atom is -0.493 e. The highest BCUT2D eigenvalue weighted by atomic mass is 32.1. The maximum absolute atomic E-state index is 12.9. The smallest absolute Gasteiger partial charge is 0.320 e. The molecule has 12 heteroatoms. The number of benzene rings is 2. The quantitative estimate of drug-likeness (QED) is 0.229. The number of methoxy groups -OCH3 is 2. The first-order chi connectivity index (χ1) is 18.7. The number of nitrogens with one attached hydrogen (secondary N) is 4. The van der Waals surface area contributed by atoms with Gasteiger partial charge >= 0.3 is 12.0 Å². The summed E-state index contributed by atoms with van der Waals surface area (Å²) in [5.41, 5.74) is 1.45. The fourth-order valence-electron chi connectivity index (χ4n) is 3.59. The second-order valence-electron chi connectivity index (χ2n) is 8.43. The number of ether oxygens (including phenoxy) is 2. The average Bonchev–Trinajstić information content (AvgIpc) is 3.39. The van der Waals surface area contributed by atoms with E-state index in [2.05, 4.69) is 21.3 Å². The lowest BCUT2D eigenvalue weighted by molar-refractivity contribution is -0.137. The first kappa shape index (κ1) is 29.0. The number of rotatable bonds is 12.